The van der Waals surface area contributed by atoms with Crippen LogP contribution in [-0.2, 0) is 11.3 Å². The van der Waals surface area contributed by atoms with E-state index in [-0.39, 0.29) is 11.5 Å². The summed E-state index contributed by atoms with van der Waals surface area (Å²) in [6, 6.07) is 14.0. The molecule has 0 bridgehead atoms. The van der Waals surface area contributed by atoms with Crippen molar-refractivity contribution in [2.24, 2.45) is 0 Å². The third-order valence-corrected chi connectivity index (χ3v) is 4.18. The summed E-state index contributed by atoms with van der Waals surface area (Å²) >= 11 is 0. The molecule has 0 aliphatic heterocycles. The van der Waals surface area contributed by atoms with Gasteiger partial charge in [0.25, 0.3) is 11.7 Å². The molecule has 0 atom stereocenters. The molecule has 144 valence electrons. The lowest BCUT2D eigenvalue weighted by Gasteiger charge is -2.11. The van der Waals surface area contributed by atoms with Gasteiger partial charge in [-0.1, -0.05) is 12.1 Å². The maximum absolute atomic E-state index is 13.1. The lowest BCUT2D eigenvalue weighted by molar-refractivity contribution is -0.112. The fraction of sp³-hybridized carbons (Fsp3) is 0.143. The number of hydrogen-bond donors (Lipinski definition) is 1. The van der Waals surface area contributed by atoms with E-state index in [0.29, 0.717) is 23.7 Å². The summed E-state index contributed by atoms with van der Waals surface area (Å²) in [7, 11) is 2.99. The van der Waals surface area contributed by atoms with Gasteiger partial charge >= 0.3 is 0 Å². The largest absolute Gasteiger partial charge is 0.493 e. The SMILES string of the molecule is COc1ccc(NC(=O)C(=O)c2cccn2Cc2ccc(F)cc2)cc1OC. The number of carbonyl (C=O) groups excluding carboxylic acids is 2. The molecule has 7 heteroatoms. The predicted molar refractivity (Wildman–Crippen MR) is 102 cm³/mol. The van der Waals surface area contributed by atoms with E-state index in [0.717, 1.165) is 5.56 Å². The van der Waals surface area contributed by atoms with Crippen LogP contribution >= 0.6 is 0 Å². The van der Waals surface area contributed by atoms with Crippen molar-refractivity contribution < 1.29 is 23.5 Å². The average Bonchev–Trinajstić information content (AvgIpc) is 3.17. The number of methoxy groups -OCH3 is 2. The van der Waals surface area contributed by atoms with E-state index in [1.165, 1.54) is 26.4 Å². The fourth-order valence-corrected chi connectivity index (χ4v) is 2.76. The molecule has 0 spiro atoms. The number of amides is 1. The average molecular weight is 382 g/mol. The second-order valence-corrected chi connectivity index (χ2v) is 6.00. The lowest BCUT2D eigenvalue weighted by Crippen LogP contribution is -2.25. The van der Waals surface area contributed by atoms with Crippen molar-refractivity contribution in [1.29, 1.82) is 0 Å². The highest BCUT2D eigenvalue weighted by atomic mass is 19.1. The Labute approximate surface area is 161 Å². The molecule has 1 N–H and O–H groups in total. The highest BCUT2D eigenvalue weighted by molar-refractivity contribution is 6.46. The summed E-state index contributed by atoms with van der Waals surface area (Å²) in [6.45, 7) is 0.345. The predicted octanol–water partition coefficient (Wildman–Crippen LogP) is 3.51. The first-order valence-corrected chi connectivity index (χ1v) is 8.49. The number of nitrogens with zero attached hydrogens (tertiary/aromatic N) is 1. The summed E-state index contributed by atoms with van der Waals surface area (Å²) in [5.74, 6) is -0.831. The first kappa shape index (κ1) is 19.2. The third kappa shape index (κ3) is 4.20. The Balaban J connectivity index is 1.75. The standard InChI is InChI=1S/C21H19FN2O4/c1-27-18-10-9-16(12-19(18)28-2)23-21(26)20(25)17-4-3-11-24(17)13-14-5-7-15(22)8-6-14/h3-12H,13H2,1-2H3,(H,23,26). The summed E-state index contributed by atoms with van der Waals surface area (Å²) in [4.78, 5) is 25.0. The smallest absolute Gasteiger partial charge is 0.298 e. The van der Waals surface area contributed by atoms with E-state index in [1.807, 2.05) is 0 Å². The van der Waals surface area contributed by atoms with Crippen LogP contribution in [0.3, 0.4) is 0 Å². The van der Waals surface area contributed by atoms with Crippen LogP contribution < -0.4 is 14.8 Å². The van der Waals surface area contributed by atoms with Gasteiger partial charge in [0, 0.05) is 24.5 Å². The van der Waals surface area contributed by atoms with E-state index in [2.05, 4.69) is 5.32 Å². The van der Waals surface area contributed by atoms with Crippen LogP contribution in [0.15, 0.2) is 60.8 Å². The van der Waals surface area contributed by atoms with Crippen LogP contribution in [0.5, 0.6) is 11.5 Å². The van der Waals surface area contributed by atoms with E-state index in [4.69, 9.17) is 9.47 Å². The molecule has 0 aliphatic carbocycles. The molecule has 1 amide bonds. The summed E-state index contributed by atoms with van der Waals surface area (Å²) in [6.07, 6.45) is 1.69. The Morgan fingerprint density at radius 2 is 1.71 bits per heavy atom. The van der Waals surface area contributed by atoms with E-state index < -0.39 is 11.7 Å². The molecular formula is C21H19FN2O4. The van der Waals surface area contributed by atoms with Gasteiger partial charge in [0.05, 0.1) is 19.9 Å². The second kappa shape index (κ2) is 8.39. The van der Waals surface area contributed by atoms with Crippen molar-refractivity contribution >= 4 is 17.4 Å². The maximum atomic E-state index is 13.1. The van der Waals surface area contributed by atoms with Gasteiger partial charge in [0.2, 0.25) is 0 Å². The first-order valence-electron chi connectivity index (χ1n) is 8.49. The van der Waals surface area contributed by atoms with Gasteiger partial charge in [-0.25, -0.2) is 4.39 Å². The fourth-order valence-electron chi connectivity index (χ4n) is 2.76. The Morgan fingerprint density at radius 3 is 2.39 bits per heavy atom. The highest BCUT2D eigenvalue weighted by Gasteiger charge is 2.20. The van der Waals surface area contributed by atoms with Crippen molar-refractivity contribution in [2.45, 2.75) is 6.54 Å². The molecule has 6 nitrogen and oxygen atoms in total. The zero-order chi connectivity index (χ0) is 20.1. The normalized spacial score (nSPS) is 10.4. The molecule has 0 aliphatic rings. The lowest BCUT2D eigenvalue weighted by atomic mass is 10.2. The van der Waals surface area contributed by atoms with Crippen LogP contribution in [-0.4, -0.2) is 30.5 Å². The van der Waals surface area contributed by atoms with Crippen LogP contribution in [0, 0.1) is 5.82 Å². The summed E-state index contributed by atoms with van der Waals surface area (Å²) in [5, 5.41) is 2.57. The maximum Gasteiger partial charge on any atom is 0.298 e. The van der Waals surface area contributed by atoms with Crippen molar-refractivity contribution in [1.82, 2.24) is 4.57 Å². The molecule has 3 rings (SSSR count). The highest BCUT2D eigenvalue weighted by Crippen LogP contribution is 2.29. The number of rotatable bonds is 7. The molecule has 0 fully saturated rings. The van der Waals surface area contributed by atoms with Crippen LogP contribution in [0.4, 0.5) is 10.1 Å². The van der Waals surface area contributed by atoms with Gasteiger partial charge in [0.15, 0.2) is 11.5 Å². The number of nitrogens with one attached hydrogen (secondary N) is 1. The number of Topliss-reactive ketones (excluding diaryl/α,β-unsaturated/α-hetero) is 1. The quantitative estimate of drug-likeness (QED) is 0.501. The van der Waals surface area contributed by atoms with Gasteiger partial charge in [0.1, 0.15) is 5.82 Å². The first-order chi connectivity index (χ1) is 13.5. The molecular weight excluding hydrogens is 363 g/mol. The van der Waals surface area contributed by atoms with Gasteiger partial charge in [-0.15, -0.1) is 0 Å². The Morgan fingerprint density at radius 1 is 1.00 bits per heavy atom. The van der Waals surface area contributed by atoms with Crippen molar-refractivity contribution in [3.8, 4) is 11.5 Å². The minimum atomic E-state index is -0.772. The number of ketones is 1. The van der Waals surface area contributed by atoms with Crippen molar-refractivity contribution in [3.63, 3.8) is 0 Å². The number of hydrogen-bond acceptors (Lipinski definition) is 4. The van der Waals surface area contributed by atoms with Crippen molar-refractivity contribution in [2.75, 3.05) is 19.5 Å². The number of ether oxygens (including phenoxy) is 2. The molecule has 0 unspecified atom stereocenters. The molecule has 1 aromatic heterocycles. The molecule has 0 saturated heterocycles. The molecule has 2 aromatic carbocycles. The monoisotopic (exact) mass is 382 g/mol. The molecule has 1 heterocycles. The van der Waals surface area contributed by atoms with Crippen LogP contribution in [0.1, 0.15) is 16.1 Å². The number of aromatic nitrogens is 1. The summed E-state index contributed by atoms with van der Waals surface area (Å²) < 4.78 is 25.0. The minimum absolute atomic E-state index is 0.238. The molecule has 0 radical (unpaired) electrons. The van der Waals surface area contributed by atoms with Gasteiger partial charge in [-0.2, -0.15) is 0 Å². The molecule has 28 heavy (non-hydrogen) atoms. The number of benzene rings is 2. The number of anilines is 1. The zero-order valence-corrected chi connectivity index (χ0v) is 15.4. The molecule has 0 saturated carbocycles. The van der Waals surface area contributed by atoms with E-state index in [1.54, 1.807) is 53.2 Å². The molecule has 3 aromatic rings. The Kier molecular flexibility index (Phi) is 5.74. The van der Waals surface area contributed by atoms with Gasteiger partial charge in [-0.3, -0.25) is 9.59 Å². The topological polar surface area (TPSA) is 69.6 Å². The Hall–Kier alpha value is -3.61. The van der Waals surface area contributed by atoms with Gasteiger partial charge < -0.3 is 19.4 Å². The van der Waals surface area contributed by atoms with E-state index in [9.17, 15) is 14.0 Å². The number of carbonyl (C=O) groups is 2. The third-order valence-electron chi connectivity index (χ3n) is 4.18. The number of halogens is 1. The Bertz CT molecular complexity index is 996. The minimum Gasteiger partial charge on any atom is -0.493 e. The van der Waals surface area contributed by atoms with Gasteiger partial charge in [-0.05, 0) is 42.0 Å². The summed E-state index contributed by atoms with van der Waals surface area (Å²) in [5.41, 5.74) is 1.46. The second-order valence-electron chi connectivity index (χ2n) is 6.00. The van der Waals surface area contributed by atoms with Crippen molar-refractivity contribution in [3.05, 3.63) is 77.9 Å². The van der Waals surface area contributed by atoms with Crippen LogP contribution in [0.2, 0.25) is 0 Å². The zero-order valence-electron chi connectivity index (χ0n) is 15.4. The van der Waals surface area contributed by atoms with E-state index >= 15 is 0 Å². The van der Waals surface area contributed by atoms with Crippen LogP contribution in [0.25, 0.3) is 0 Å².